The summed E-state index contributed by atoms with van der Waals surface area (Å²) in [5.74, 6) is -0.123. The Hall–Kier alpha value is -0.830. The van der Waals surface area contributed by atoms with Gasteiger partial charge in [-0.2, -0.15) is 0 Å². The third kappa shape index (κ3) is 24.7. The van der Waals surface area contributed by atoms with Crippen LogP contribution in [0.2, 0.25) is 0 Å². The van der Waals surface area contributed by atoms with Crippen molar-refractivity contribution in [3.05, 3.63) is 12.7 Å². The van der Waals surface area contributed by atoms with E-state index in [1.165, 1.54) is 6.08 Å². The van der Waals surface area contributed by atoms with E-state index in [9.17, 15) is 4.79 Å². The Morgan fingerprint density at radius 1 is 1.31 bits per heavy atom. The van der Waals surface area contributed by atoms with Crippen LogP contribution in [0.5, 0.6) is 0 Å². The van der Waals surface area contributed by atoms with Gasteiger partial charge in [-0.25, -0.2) is 0 Å². The predicted molar refractivity (Wildman–Crippen MR) is 57.7 cm³/mol. The largest absolute Gasteiger partial charge is 0.348 e. The van der Waals surface area contributed by atoms with Crippen molar-refractivity contribution < 1.29 is 4.79 Å². The lowest BCUT2D eigenvalue weighted by molar-refractivity contribution is -0.117. The number of hydrogen-bond acceptors (Lipinski definition) is 2. The Morgan fingerprint density at radius 3 is 1.69 bits per heavy atom. The summed E-state index contributed by atoms with van der Waals surface area (Å²) in [7, 11) is 6.00. The Morgan fingerprint density at radius 2 is 1.62 bits per heavy atom. The Kier molecular flexibility index (Phi) is 7.52. The van der Waals surface area contributed by atoms with E-state index in [2.05, 4.69) is 11.9 Å². The molecular formula is C10H22N2O. The molecule has 0 fully saturated rings. The van der Waals surface area contributed by atoms with Crippen molar-refractivity contribution in [3.8, 4) is 0 Å². The zero-order chi connectivity index (χ0) is 11.1. The van der Waals surface area contributed by atoms with Crippen LogP contribution in [-0.4, -0.2) is 37.5 Å². The van der Waals surface area contributed by atoms with Crippen molar-refractivity contribution in [2.45, 2.75) is 26.3 Å². The fourth-order valence-electron chi connectivity index (χ4n) is 0.421. The van der Waals surface area contributed by atoms with Crippen LogP contribution in [0, 0.1) is 0 Å². The quantitative estimate of drug-likeness (QED) is 0.625. The van der Waals surface area contributed by atoms with E-state index in [0.717, 1.165) is 0 Å². The second kappa shape index (κ2) is 6.66. The molecule has 13 heavy (non-hydrogen) atoms. The summed E-state index contributed by atoms with van der Waals surface area (Å²) >= 11 is 0. The molecule has 78 valence electrons. The first-order valence-electron chi connectivity index (χ1n) is 4.24. The third-order valence-corrected chi connectivity index (χ3v) is 0.684. The molecule has 0 unspecified atom stereocenters. The van der Waals surface area contributed by atoms with Crippen LogP contribution in [-0.2, 0) is 4.79 Å². The second-order valence-electron chi connectivity index (χ2n) is 4.29. The minimum atomic E-state index is -0.148. The van der Waals surface area contributed by atoms with Crippen molar-refractivity contribution in [1.29, 1.82) is 0 Å². The Bertz CT molecular complexity index is 154. The SMILES string of the molecule is C=CC(=O)NC(C)(C)C.CN(C)C. The Balaban J connectivity index is 0. The average Bonchev–Trinajstić information content (AvgIpc) is 1.82. The average molecular weight is 186 g/mol. The van der Waals surface area contributed by atoms with Crippen molar-refractivity contribution in [2.75, 3.05) is 21.1 Å². The molecule has 0 aromatic rings. The summed E-state index contributed by atoms with van der Waals surface area (Å²) < 4.78 is 0. The minimum Gasteiger partial charge on any atom is -0.348 e. The lowest BCUT2D eigenvalue weighted by Crippen LogP contribution is -2.39. The smallest absolute Gasteiger partial charge is 0.243 e. The van der Waals surface area contributed by atoms with E-state index < -0.39 is 0 Å². The molecule has 0 aliphatic heterocycles. The molecule has 0 spiro atoms. The molecule has 3 nitrogen and oxygen atoms in total. The monoisotopic (exact) mass is 186 g/mol. The summed E-state index contributed by atoms with van der Waals surface area (Å²) in [5, 5.41) is 2.71. The van der Waals surface area contributed by atoms with Gasteiger partial charge in [0.1, 0.15) is 0 Å². The first-order valence-corrected chi connectivity index (χ1v) is 4.24. The van der Waals surface area contributed by atoms with E-state index in [0.29, 0.717) is 0 Å². The zero-order valence-corrected chi connectivity index (χ0v) is 9.64. The molecule has 0 aliphatic rings. The molecule has 0 aliphatic carbocycles. The molecule has 1 N–H and O–H groups in total. The molecule has 0 saturated heterocycles. The topological polar surface area (TPSA) is 32.3 Å². The molecule has 0 saturated carbocycles. The fraction of sp³-hybridized carbons (Fsp3) is 0.700. The molecule has 0 aromatic carbocycles. The van der Waals surface area contributed by atoms with Gasteiger partial charge in [-0.3, -0.25) is 4.79 Å². The van der Waals surface area contributed by atoms with Crippen molar-refractivity contribution in [3.63, 3.8) is 0 Å². The van der Waals surface area contributed by atoms with Gasteiger partial charge in [0.2, 0.25) is 5.91 Å². The number of carbonyl (C=O) groups is 1. The lowest BCUT2D eigenvalue weighted by Gasteiger charge is -2.18. The molecule has 3 heteroatoms. The number of rotatable bonds is 1. The van der Waals surface area contributed by atoms with Gasteiger partial charge in [0, 0.05) is 5.54 Å². The third-order valence-electron chi connectivity index (χ3n) is 0.684. The predicted octanol–water partition coefficient (Wildman–Crippen LogP) is 1.26. The van der Waals surface area contributed by atoms with Crippen LogP contribution < -0.4 is 5.32 Å². The van der Waals surface area contributed by atoms with Gasteiger partial charge in [0.15, 0.2) is 0 Å². The number of amides is 1. The summed E-state index contributed by atoms with van der Waals surface area (Å²) in [6.45, 7) is 9.11. The van der Waals surface area contributed by atoms with Gasteiger partial charge in [0.25, 0.3) is 0 Å². The molecule has 0 bridgehead atoms. The molecule has 0 atom stereocenters. The van der Waals surface area contributed by atoms with Gasteiger partial charge >= 0.3 is 0 Å². The highest BCUT2D eigenvalue weighted by Crippen LogP contribution is 1.97. The Labute approximate surface area is 81.8 Å². The van der Waals surface area contributed by atoms with Gasteiger partial charge in [-0.15, -0.1) is 0 Å². The van der Waals surface area contributed by atoms with E-state index in [-0.39, 0.29) is 11.4 Å². The van der Waals surface area contributed by atoms with Gasteiger partial charge in [-0.05, 0) is 48.0 Å². The maximum atomic E-state index is 10.6. The van der Waals surface area contributed by atoms with Crippen molar-refractivity contribution in [1.82, 2.24) is 10.2 Å². The van der Waals surface area contributed by atoms with Crippen molar-refractivity contribution in [2.24, 2.45) is 0 Å². The highest BCUT2D eigenvalue weighted by molar-refractivity contribution is 5.87. The van der Waals surface area contributed by atoms with Crippen LogP contribution in [0.25, 0.3) is 0 Å². The highest BCUT2D eigenvalue weighted by atomic mass is 16.1. The van der Waals surface area contributed by atoms with E-state index >= 15 is 0 Å². The van der Waals surface area contributed by atoms with Crippen LogP contribution >= 0.6 is 0 Å². The molecule has 0 rings (SSSR count). The maximum Gasteiger partial charge on any atom is 0.243 e. The zero-order valence-electron chi connectivity index (χ0n) is 9.64. The summed E-state index contributed by atoms with van der Waals surface area (Å²) in [6.07, 6.45) is 1.27. The summed E-state index contributed by atoms with van der Waals surface area (Å²) in [6, 6.07) is 0. The fourth-order valence-corrected chi connectivity index (χ4v) is 0.421. The molecule has 0 heterocycles. The van der Waals surface area contributed by atoms with Crippen molar-refractivity contribution >= 4 is 5.91 Å². The number of nitrogens with zero attached hydrogens (tertiary/aromatic N) is 1. The lowest BCUT2D eigenvalue weighted by atomic mass is 10.1. The van der Waals surface area contributed by atoms with E-state index in [1.54, 1.807) is 0 Å². The normalized spacial score (nSPS) is 10.1. The highest BCUT2D eigenvalue weighted by Gasteiger charge is 2.10. The summed E-state index contributed by atoms with van der Waals surface area (Å²) in [4.78, 5) is 12.6. The van der Waals surface area contributed by atoms with Crippen LogP contribution in [0.1, 0.15) is 20.8 Å². The molecule has 1 amide bonds. The van der Waals surface area contributed by atoms with E-state index in [1.807, 2.05) is 46.8 Å². The van der Waals surface area contributed by atoms with Crippen LogP contribution in [0.4, 0.5) is 0 Å². The number of nitrogens with one attached hydrogen (secondary N) is 1. The minimum absolute atomic E-state index is 0.123. The molecular weight excluding hydrogens is 164 g/mol. The molecule has 0 aromatic heterocycles. The van der Waals surface area contributed by atoms with E-state index in [4.69, 9.17) is 0 Å². The van der Waals surface area contributed by atoms with Gasteiger partial charge < -0.3 is 10.2 Å². The standard InChI is InChI=1S/C7H13NO.C3H9N/c1-5-6(9)8-7(2,3)4;1-4(2)3/h5H,1H2,2-4H3,(H,8,9);1-3H3. The first kappa shape index (κ1) is 14.7. The number of hydrogen-bond donors (Lipinski definition) is 1. The second-order valence-corrected chi connectivity index (χ2v) is 4.29. The maximum absolute atomic E-state index is 10.6. The van der Waals surface area contributed by atoms with Gasteiger partial charge in [-0.1, -0.05) is 6.58 Å². The van der Waals surface area contributed by atoms with Crippen LogP contribution in [0.15, 0.2) is 12.7 Å². The summed E-state index contributed by atoms with van der Waals surface area (Å²) in [5.41, 5.74) is -0.148. The van der Waals surface area contributed by atoms with Crippen LogP contribution in [0.3, 0.4) is 0 Å². The van der Waals surface area contributed by atoms with Gasteiger partial charge in [0.05, 0.1) is 0 Å². The number of carbonyl (C=O) groups excluding carboxylic acids is 1. The molecule has 0 radical (unpaired) electrons. The first-order chi connectivity index (χ1) is 5.69.